The summed E-state index contributed by atoms with van der Waals surface area (Å²) in [5.41, 5.74) is 0.323. The molecule has 0 saturated carbocycles. The van der Waals surface area contributed by atoms with Crippen molar-refractivity contribution in [3.63, 3.8) is 0 Å². The number of nitrogens with zero attached hydrogens (tertiary/aromatic N) is 4. The number of hydrogen-bond acceptors (Lipinski definition) is 6. The van der Waals surface area contributed by atoms with Gasteiger partial charge in [0.25, 0.3) is 0 Å². The molecule has 1 saturated heterocycles. The first-order valence-corrected chi connectivity index (χ1v) is 11.2. The Labute approximate surface area is 176 Å². The number of anilines is 1. The molecule has 1 aliphatic heterocycles. The number of hydrogen-bond donors (Lipinski definition) is 0. The van der Waals surface area contributed by atoms with Gasteiger partial charge in [0.15, 0.2) is 5.82 Å². The van der Waals surface area contributed by atoms with E-state index in [0.717, 1.165) is 0 Å². The third-order valence-corrected chi connectivity index (χ3v) is 7.04. The van der Waals surface area contributed by atoms with Crippen LogP contribution in [0.2, 0.25) is 0 Å². The first kappa shape index (κ1) is 21.7. The minimum absolute atomic E-state index is 0.164. The maximum absolute atomic E-state index is 12.9. The van der Waals surface area contributed by atoms with Crippen molar-refractivity contribution in [3.05, 3.63) is 48.2 Å². The lowest BCUT2D eigenvalue weighted by Crippen LogP contribution is -2.43. The topological polar surface area (TPSA) is 104 Å². The van der Waals surface area contributed by atoms with Gasteiger partial charge in [-0.1, -0.05) is 0 Å². The van der Waals surface area contributed by atoms with Gasteiger partial charge in [-0.15, -0.1) is 0 Å². The van der Waals surface area contributed by atoms with Crippen LogP contribution in [0.3, 0.4) is 0 Å². The lowest BCUT2D eigenvalue weighted by Gasteiger charge is -2.32. The lowest BCUT2D eigenvalue weighted by atomic mass is 9.96. The minimum atomic E-state index is -3.63. The Hall–Kier alpha value is -2.96. The molecule has 0 bridgehead atoms. The smallest absolute Gasteiger partial charge is 0.243 e. The van der Waals surface area contributed by atoms with E-state index in [-0.39, 0.29) is 29.8 Å². The second kappa shape index (κ2) is 9.24. The molecule has 1 aromatic heterocycles. The molecule has 0 unspecified atom stereocenters. The zero-order valence-corrected chi connectivity index (χ0v) is 17.8. The number of benzene rings is 1. The van der Waals surface area contributed by atoms with Gasteiger partial charge in [-0.3, -0.25) is 9.69 Å². The van der Waals surface area contributed by atoms with Crippen LogP contribution in [0.4, 0.5) is 5.82 Å². The fourth-order valence-electron chi connectivity index (χ4n) is 3.50. The van der Waals surface area contributed by atoms with Crippen molar-refractivity contribution < 1.29 is 17.9 Å². The fourth-order valence-corrected chi connectivity index (χ4v) is 4.97. The molecule has 158 valence electrons. The number of pyridine rings is 1. The van der Waals surface area contributed by atoms with Crippen molar-refractivity contribution in [2.75, 3.05) is 31.6 Å². The van der Waals surface area contributed by atoms with Crippen LogP contribution in [-0.4, -0.2) is 50.4 Å². The summed E-state index contributed by atoms with van der Waals surface area (Å²) in [7, 11) is -2.04. The number of carbonyl (C=O) groups is 1. The third kappa shape index (κ3) is 4.45. The maximum atomic E-state index is 12.9. The summed E-state index contributed by atoms with van der Waals surface area (Å²) in [6.07, 6.45) is 2.36. The number of aromatic nitrogens is 1. The van der Waals surface area contributed by atoms with Crippen LogP contribution in [0.5, 0.6) is 5.75 Å². The normalized spacial score (nSPS) is 15.4. The van der Waals surface area contributed by atoms with Crippen molar-refractivity contribution in [1.82, 2.24) is 9.29 Å². The summed E-state index contributed by atoms with van der Waals surface area (Å²) in [6.45, 7) is 2.89. The minimum Gasteiger partial charge on any atom is -0.494 e. The van der Waals surface area contributed by atoms with E-state index in [9.17, 15) is 18.5 Å². The van der Waals surface area contributed by atoms with Gasteiger partial charge in [0.05, 0.1) is 17.1 Å². The zero-order valence-electron chi connectivity index (χ0n) is 17.0. The highest BCUT2D eigenvalue weighted by molar-refractivity contribution is 7.89. The molecule has 3 rings (SSSR count). The van der Waals surface area contributed by atoms with Gasteiger partial charge in [0.2, 0.25) is 15.9 Å². The lowest BCUT2D eigenvalue weighted by molar-refractivity contribution is -0.123. The average molecular weight is 429 g/mol. The van der Waals surface area contributed by atoms with E-state index < -0.39 is 10.0 Å². The number of ether oxygens (including phenoxy) is 1. The number of rotatable bonds is 6. The van der Waals surface area contributed by atoms with Crippen molar-refractivity contribution >= 4 is 21.7 Å². The highest BCUT2D eigenvalue weighted by Gasteiger charge is 2.34. The molecule has 0 atom stereocenters. The Balaban J connectivity index is 1.66. The Morgan fingerprint density at radius 2 is 1.93 bits per heavy atom. The summed E-state index contributed by atoms with van der Waals surface area (Å²) in [6, 6.07) is 11.6. The molecule has 30 heavy (non-hydrogen) atoms. The van der Waals surface area contributed by atoms with Gasteiger partial charge >= 0.3 is 0 Å². The number of piperidine rings is 1. The summed E-state index contributed by atoms with van der Waals surface area (Å²) in [4.78, 5) is 18.6. The van der Waals surface area contributed by atoms with Crippen molar-refractivity contribution in [3.8, 4) is 11.8 Å². The molecular formula is C21H24N4O4S. The second-order valence-electron chi connectivity index (χ2n) is 6.97. The summed E-state index contributed by atoms with van der Waals surface area (Å²) < 4.78 is 32.6. The van der Waals surface area contributed by atoms with Gasteiger partial charge < -0.3 is 4.74 Å². The molecular weight excluding hydrogens is 404 g/mol. The molecule has 0 N–H and O–H groups in total. The molecule has 0 radical (unpaired) electrons. The molecule has 0 aliphatic carbocycles. The van der Waals surface area contributed by atoms with Gasteiger partial charge in [0.1, 0.15) is 11.8 Å². The Kier molecular flexibility index (Phi) is 6.70. The first-order valence-electron chi connectivity index (χ1n) is 9.74. The molecule has 1 aliphatic rings. The number of sulfonamides is 1. The summed E-state index contributed by atoms with van der Waals surface area (Å²) >= 11 is 0. The highest BCUT2D eigenvalue weighted by Crippen LogP contribution is 2.27. The Bertz CT molecular complexity index is 1040. The third-order valence-electron chi connectivity index (χ3n) is 5.13. The number of nitriles is 1. The zero-order chi connectivity index (χ0) is 21.7. The van der Waals surface area contributed by atoms with E-state index in [1.165, 1.54) is 27.5 Å². The van der Waals surface area contributed by atoms with E-state index in [1.54, 1.807) is 31.3 Å². The van der Waals surface area contributed by atoms with Crippen molar-refractivity contribution in [1.29, 1.82) is 5.26 Å². The van der Waals surface area contributed by atoms with E-state index in [1.807, 2.05) is 13.0 Å². The van der Waals surface area contributed by atoms with Crippen LogP contribution >= 0.6 is 0 Å². The molecule has 0 spiro atoms. The fraction of sp³-hybridized carbons (Fsp3) is 0.381. The number of amides is 1. The van der Waals surface area contributed by atoms with Crippen molar-refractivity contribution in [2.24, 2.45) is 5.92 Å². The largest absolute Gasteiger partial charge is 0.494 e. The van der Waals surface area contributed by atoms with Crippen LogP contribution in [0.1, 0.15) is 25.3 Å². The Morgan fingerprint density at radius 3 is 2.53 bits per heavy atom. The Morgan fingerprint density at radius 1 is 1.27 bits per heavy atom. The van der Waals surface area contributed by atoms with E-state index >= 15 is 0 Å². The number of carbonyl (C=O) groups excluding carboxylic acids is 1. The predicted octanol–water partition coefficient (Wildman–Crippen LogP) is 2.42. The monoisotopic (exact) mass is 428 g/mol. The van der Waals surface area contributed by atoms with Crippen LogP contribution in [0, 0.1) is 17.2 Å². The first-order chi connectivity index (χ1) is 14.4. The maximum Gasteiger partial charge on any atom is 0.243 e. The SMILES string of the molecule is CCOc1ccc(S(=O)(=O)N2CCC(C(=O)N(C)c3ncccc3C#N)CC2)cc1. The summed E-state index contributed by atoms with van der Waals surface area (Å²) in [5, 5.41) is 9.23. The van der Waals surface area contributed by atoms with E-state index in [0.29, 0.717) is 36.6 Å². The van der Waals surface area contributed by atoms with Gasteiger partial charge in [0, 0.05) is 32.3 Å². The predicted molar refractivity (Wildman–Crippen MR) is 111 cm³/mol. The quantitative estimate of drug-likeness (QED) is 0.700. The molecule has 8 nitrogen and oxygen atoms in total. The van der Waals surface area contributed by atoms with Crippen LogP contribution in [0.25, 0.3) is 0 Å². The van der Waals surface area contributed by atoms with Crippen LogP contribution < -0.4 is 9.64 Å². The van der Waals surface area contributed by atoms with Crippen LogP contribution in [0.15, 0.2) is 47.5 Å². The average Bonchev–Trinajstić information content (AvgIpc) is 2.78. The van der Waals surface area contributed by atoms with E-state index in [2.05, 4.69) is 4.98 Å². The molecule has 1 amide bonds. The van der Waals surface area contributed by atoms with Gasteiger partial charge in [-0.05, 0) is 56.2 Å². The highest BCUT2D eigenvalue weighted by atomic mass is 32.2. The molecule has 9 heteroatoms. The van der Waals surface area contributed by atoms with E-state index in [4.69, 9.17) is 4.74 Å². The molecule has 2 aromatic rings. The summed E-state index contributed by atoms with van der Waals surface area (Å²) in [5.74, 6) is 0.447. The molecule has 2 heterocycles. The standard InChI is InChI=1S/C21H24N4O4S/c1-3-29-18-6-8-19(9-7-18)30(27,28)25-13-10-16(11-14-25)21(26)24(2)20-17(15-22)5-4-12-23-20/h4-9,12,16H,3,10-11,13-14H2,1-2H3. The van der Waals surface area contributed by atoms with Crippen molar-refractivity contribution in [2.45, 2.75) is 24.7 Å². The molecule has 1 fully saturated rings. The molecule has 1 aromatic carbocycles. The van der Waals surface area contributed by atoms with Gasteiger partial charge in [-0.2, -0.15) is 9.57 Å². The van der Waals surface area contributed by atoms with Gasteiger partial charge in [-0.25, -0.2) is 13.4 Å². The second-order valence-corrected chi connectivity index (χ2v) is 8.90. The van der Waals surface area contributed by atoms with Crippen LogP contribution in [-0.2, 0) is 14.8 Å².